The number of carbonyl (C=O) groups excluding carboxylic acids is 1. The van der Waals surface area contributed by atoms with Crippen LogP contribution in [0.25, 0.3) is 0 Å². The molecule has 0 spiro atoms. The van der Waals surface area contributed by atoms with Crippen molar-refractivity contribution >= 4 is 30.1 Å². The van der Waals surface area contributed by atoms with Crippen molar-refractivity contribution in [2.24, 2.45) is 0 Å². The van der Waals surface area contributed by atoms with Crippen LogP contribution in [-0.2, 0) is 4.79 Å². The van der Waals surface area contributed by atoms with E-state index >= 15 is 0 Å². The summed E-state index contributed by atoms with van der Waals surface area (Å²) in [5, 5.41) is 3.34. The monoisotopic (exact) mass is 342 g/mol. The number of amides is 1. The zero-order valence-corrected chi connectivity index (χ0v) is 15.4. The third-order valence-electron chi connectivity index (χ3n) is 4.31. The molecule has 1 aliphatic heterocycles. The van der Waals surface area contributed by atoms with E-state index in [1.54, 1.807) is 11.8 Å². The summed E-state index contributed by atoms with van der Waals surface area (Å²) in [4.78, 5) is 15.5. The first-order chi connectivity index (χ1) is 10.1. The summed E-state index contributed by atoms with van der Waals surface area (Å²) in [6.45, 7) is 6.32. The van der Waals surface area contributed by atoms with Crippen molar-refractivity contribution in [3.63, 3.8) is 0 Å². The molecule has 124 valence electrons. The zero-order valence-electron chi connectivity index (χ0n) is 13.7. The van der Waals surface area contributed by atoms with Crippen molar-refractivity contribution in [3.8, 4) is 0 Å². The van der Waals surface area contributed by atoms with Crippen molar-refractivity contribution in [2.45, 2.75) is 44.0 Å². The molecule has 0 unspecified atom stereocenters. The molecule has 0 bridgehead atoms. The first-order valence-corrected chi connectivity index (χ1v) is 8.73. The predicted octanol–water partition coefficient (Wildman–Crippen LogP) is 3.42. The van der Waals surface area contributed by atoms with Gasteiger partial charge in [0.25, 0.3) is 0 Å². The van der Waals surface area contributed by atoms with Crippen LogP contribution in [-0.4, -0.2) is 42.7 Å². The summed E-state index contributed by atoms with van der Waals surface area (Å²) < 4.78 is 0. The molecule has 3 nitrogen and oxygen atoms in total. The summed E-state index contributed by atoms with van der Waals surface area (Å²) in [6.07, 6.45) is 2.77. The number of nitrogens with zero attached hydrogens (tertiary/aromatic N) is 1. The number of piperidine rings is 1. The van der Waals surface area contributed by atoms with Crippen molar-refractivity contribution in [1.82, 2.24) is 10.2 Å². The predicted molar refractivity (Wildman–Crippen MR) is 97.2 cm³/mol. The maximum absolute atomic E-state index is 12.2. The lowest BCUT2D eigenvalue weighted by Crippen LogP contribution is -2.44. The second-order valence-corrected chi connectivity index (χ2v) is 7.00. The Morgan fingerprint density at radius 3 is 2.59 bits per heavy atom. The van der Waals surface area contributed by atoms with Crippen LogP contribution in [0.4, 0.5) is 0 Å². The molecule has 1 saturated heterocycles. The third kappa shape index (κ3) is 5.49. The van der Waals surface area contributed by atoms with E-state index in [0.29, 0.717) is 12.5 Å². The molecule has 0 atom stereocenters. The maximum atomic E-state index is 12.2. The lowest BCUT2D eigenvalue weighted by molar-refractivity contribution is -0.131. The molecule has 1 aromatic carbocycles. The molecule has 1 aliphatic rings. The van der Waals surface area contributed by atoms with E-state index in [9.17, 15) is 4.79 Å². The van der Waals surface area contributed by atoms with Gasteiger partial charge in [0, 0.05) is 30.2 Å². The van der Waals surface area contributed by atoms with Crippen molar-refractivity contribution < 1.29 is 4.79 Å². The summed E-state index contributed by atoms with van der Waals surface area (Å²) in [7, 11) is 1.96. The number of carbonyl (C=O) groups is 1. The standard InChI is InChI=1S/C17H26N2OS.ClH/c1-13-4-5-16(12-14(13)2)21-11-8-17(20)19(3)15-6-9-18-10-7-15;/h4-5,12,15,18H,6-11H2,1-3H3;1H. The Balaban J connectivity index is 0.00000242. The van der Waals surface area contributed by atoms with Crippen LogP contribution in [0.15, 0.2) is 23.1 Å². The molecule has 0 aromatic heterocycles. The summed E-state index contributed by atoms with van der Waals surface area (Å²) >= 11 is 1.78. The normalized spacial score (nSPS) is 15.2. The summed E-state index contributed by atoms with van der Waals surface area (Å²) in [6, 6.07) is 6.93. The van der Waals surface area contributed by atoms with Gasteiger partial charge in [0.1, 0.15) is 0 Å². The Morgan fingerprint density at radius 2 is 1.95 bits per heavy atom. The highest BCUT2D eigenvalue weighted by Crippen LogP contribution is 2.22. The number of rotatable bonds is 5. The number of hydrogen-bond acceptors (Lipinski definition) is 3. The van der Waals surface area contributed by atoms with Gasteiger partial charge >= 0.3 is 0 Å². The fourth-order valence-electron chi connectivity index (χ4n) is 2.63. The maximum Gasteiger partial charge on any atom is 0.223 e. The number of halogens is 1. The van der Waals surface area contributed by atoms with Crippen LogP contribution in [0.5, 0.6) is 0 Å². The highest BCUT2D eigenvalue weighted by Gasteiger charge is 2.21. The lowest BCUT2D eigenvalue weighted by atomic mass is 10.1. The summed E-state index contributed by atoms with van der Waals surface area (Å²) in [5.41, 5.74) is 2.64. The van der Waals surface area contributed by atoms with Gasteiger partial charge in [0.2, 0.25) is 5.91 Å². The average molecular weight is 343 g/mol. The second kappa shape index (κ2) is 9.43. The van der Waals surface area contributed by atoms with Crippen molar-refractivity contribution in [1.29, 1.82) is 0 Å². The fraction of sp³-hybridized carbons (Fsp3) is 0.588. The second-order valence-electron chi connectivity index (χ2n) is 5.83. The quantitative estimate of drug-likeness (QED) is 0.832. The van der Waals surface area contributed by atoms with Gasteiger partial charge in [-0.25, -0.2) is 0 Å². The molecule has 22 heavy (non-hydrogen) atoms. The van der Waals surface area contributed by atoms with Gasteiger partial charge in [0.15, 0.2) is 0 Å². The minimum Gasteiger partial charge on any atom is -0.343 e. The average Bonchev–Trinajstić information content (AvgIpc) is 2.51. The molecule has 0 saturated carbocycles. The Kier molecular flexibility index (Phi) is 8.29. The highest BCUT2D eigenvalue weighted by atomic mass is 35.5. The topological polar surface area (TPSA) is 32.3 Å². The first-order valence-electron chi connectivity index (χ1n) is 7.74. The first kappa shape index (κ1) is 19.3. The number of nitrogens with one attached hydrogen (secondary N) is 1. The highest BCUT2D eigenvalue weighted by molar-refractivity contribution is 7.99. The number of aryl methyl sites for hydroxylation is 2. The molecular formula is C17H27ClN2OS. The van der Waals surface area contributed by atoms with Gasteiger partial charge in [-0.1, -0.05) is 6.07 Å². The van der Waals surface area contributed by atoms with Gasteiger partial charge in [-0.15, -0.1) is 24.2 Å². The van der Waals surface area contributed by atoms with E-state index in [1.165, 1.54) is 16.0 Å². The molecule has 1 amide bonds. The number of hydrogen-bond donors (Lipinski definition) is 1. The fourth-order valence-corrected chi connectivity index (χ4v) is 3.57. The summed E-state index contributed by atoms with van der Waals surface area (Å²) in [5.74, 6) is 1.13. The van der Waals surface area contributed by atoms with Crippen LogP contribution < -0.4 is 5.32 Å². The molecule has 1 aromatic rings. The molecular weight excluding hydrogens is 316 g/mol. The van der Waals surface area contributed by atoms with E-state index in [0.717, 1.165) is 31.7 Å². The molecule has 5 heteroatoms. The zero-order chi connectivity index (χ0) is 15.2. The number of thioether (sulfide) groups is 1. The SMILES string of the molecule is Cc1ccc(SCCC(=O)N(C)C2CCNCC2)cc1C.Cl. The van der Waals surface area contributed by atoms with Gasteiger partial charge in [-0.3, -0.25) is 4.79 Å². The Labute approximate surface area is 144 Å². The Bertz CT molecular complexity index is 490. The van der Waals surface area contributed by atoms with Crippen LogP contribution >= 0.6 is 24.2 Å². The van der Waals surface area contributed by atoms with Crippen molar-refractivity contribution in [2.75, 3.05) is 25.9 Å². The molecule has 0 radical (unpaired) electrons. The van der Waals surface area contributed by atoms with Gasteiger partial charge in [0.05, 0.1) is 0 Å². The smallest absolute Gasteiger partial charge is 0.223 e. The minimum absolute atomic E-state index is 0. The molecule has 1 N–H and O–H groups in total. The van der Waals surface area contributed by atoms with E-state index in [1.807, 2.05) is 11.9 Å². The van der Waals surface area contributed by atoms with Crippen LogP contribution in [0.1, 0.15) is 30.4 Å². The Morgan fingerprint density at radius 1 is 1.27 bits per heavy atom. The van der Waals surface area contributed by atoms with Crippen molar-refractivity contribution in [3.05, 3.63) is 29.3 Å². The third-order valence-corrected chi connectivity index (χ3v) is 5.31. The van der Waals surface area contributed by atoms with E-state index in [4.69, 9.17) is 0 Å². The molecule has 1 heterocycles. The van der Waals surface area contributed by atoms with E-state index in [2.05, 4.69) is 37.4 Å². The van der Waals surface area contributed by atoms with Crippen LogP contribution in [0.2, 0.25) is 0 Å². The van der Waals surface area contributed by atoms with Gasteiger partial charge in [-0.05, 0) is 63.0 Å². The van der Waals surface area contributed by atoms with Gasteiger partial charge < -0.3 is 10.2 Å². The van der Waals surface area contributed by atoms with Crippen LogP contribution in [0, 0.1) is 13.8 Å². The Hall–Kier alpha value is -0.710. The van der Waals surface area contributed by atoms with Crippen LogP contribution in [0.3, 0.4) is 0 Å². The molecule has 0 aliphatic carbocycles. The molecule has 1 fully saturated rings. The number of benzene rings is 1. The van der Waals surface area contributed by atoms with Gasteiger partial charge in [-0.2, -0.15) is 0 Å². The largest absolute Gasteiger partial charge is 0.343 e. The van der Waals surface area contributed by atoms with E-state index in [-0.39, 0.29) is 18.3 Å². The minimum atomic E-state index is 0. The van der Waals surface area contributed by atoms with E-state index < -0.39 is 0 Å². The lowest BCUT2D eigenvalue weighted by Gasteiger charge is -2.31. The molecule has 2 rings (SSSR count).